The summed E-state index contributed by atoms with van der Waals surface area (Å²) in [6.07, 6.45) is 0. The van der Waals surface area contributed by atoms with E-state index in [9.17, 15) is 4.79 Å². The van der Waals surface area contributed by atoms with Gasteiger partial charge in [-0.1, -0.05) is 48.5 Å². The lowest BCUT2D eigenvalue weighted by molar-refractivity contribution is 0.0975. The molecular formula is C27H33N7O. The lowest BCUT2D eigenvalue weighted by Crippen LogP contribution is -2.49. The van der Waals surface area contributed by atoms with Gasteiger partial charge in [0.1, 0.15) is 6.04 Å². The zero-order chi connectivity index (χ0) is 24.6. The van der Waals surface area contributed by atoms with Crippen molar-refractivity contribution >= 4 is 10.9 Å². The van der Waals surface area contributed by atoms with Gasteiger partial charge in [0.25, 0.3) is 5.56 Å². The third kappa shape index (κ3) is 4.76. The molecule has 1 fully saturated rings. The molecule has 2 aromatic carbocycles. The molecule has 5 rings (SSSR count). The second-order valence-electron chi connectivity index (χ2n) is 10.4. The van der Waals surface area contributed by atoms with E-state index in [1.165, 1.54) is 5.56 Å². The number of benzene rings is 2. The average molecular weight is 472 g/mol. The van der Waals surface area contributed by atoms with Gasteiger partial charge in [-0.15, -0.1) is 5.10 Å². The molecule has 0 radical (unpaired) electrons. The van der Waals surface area contributed by atoms with Crippen LogP contribution in [0, 0.1) is 6.92 Å². The van der Waals surface area contributed by atoms with Crippen LogP contribution in [0.2, 0.25) is 0 Å². The summed E-state index contributed by atoms with van der Waals surface area (Å²) in [5.74, 6) is 0.700. The summed E-state index contributed by atoms with van der Waals surface area (Å²) in [4.78, 5) is 21.4. The highest BCUT2D eigenvalue weighted by molar-refractivity contribution is 5.82. The van der Waals surface area contributed by atoms with Crippen molar-refractivity contribution in [2.75, 3.05) is 26.2 Å². The van der Waals surface area contributed by atoms with Gasteiger partial charge in [-0.25, -0.2) is 4.68 Å². The van der Waals surface area contributed by atoms with Crippen LogP contribution in [0.3, 0.4) is 0 Å². The van der Waals surface area contributed by atoms with E-state index in [-0.39, 0.29) is 17.1 Å². The fourth-order valence-corrected chi connectivity index (χ4v) is 4.97. The molecule has 1 unspecified atom stereocenters. The van der Waals surface area contributed by atoms with Crippen molar-refractivity contribution in [2.45, 2.75) is 45.8 Å². The maximum atomic E-state index is 13.5. The van der Waals surface area contributed by atoms with Crippen LogP contribution < -0.4 is 5.56 Å². The molecule has 1 atom stereocenters. The van der Waals surface area contributed by atoms with Crippen molar-refractivity contribution in [1.29, 1.82) is 0 Å². The van der Waals surface area contributed by atoms with Crippen LogP contribution in [-0.2, 0) is 12.1 Å². The van der Waals surface area contributed by atoms with Gasteiger partial charge < -0.3 is 4.98 Å². The van der Waals surface area contributed by atoms with Crippen molar-refractivity contribution in [2.24, 2.45) is 0 Å². The molecule has 3 heterocycles. The van der Waals surface area contributed by atoms with E-state index in [1.54, 1.807) is 0 Å². The Kier molecular flexibility index (Phi) is 6.25. The summed E-state index contributed by atoms with van der Waals surface area (Å²) in [7, 11) is 0. The number of tetrazole rings is 1. The molecule has 1 aliphatic rings. The molecule has 0 spiro atoms. The second kappa shape index (κ2) is 9.36. The van der Waals surface area contributed by atoms with Crippen LogP contribution in [0.15, 0.2) is 59.4 Å². The number of aromatic nitrogens is 5. The van der Waals surface area contributed by atoms with Crippen molar-refractivity contribution in [3.63, 3.8) is 0 Å². The van der Waals surface area contributed by atoms with Gasteiger partial charge >= 0.3 is 0 Å². The normalized spacial score (nSPS) is 16.6. The molecule has 4 aromatic rings. The van der Waals surface area contributed by atoms with Crippen molar-refractivity contribution in [3.05, 3.63) is 87.5 Å². The van der Waals surface area contributed by atoms with E-state index < -0.39 is 0 Å². The summed E-state index contributed by atoms with van der Waals surface area (Å²) in [6, 6.07) is 18.3. The van der Waals surface area contributed by atoms with Gasteiger partial charge in [0.05, 0.1) is 11.1 Å². The fourth-order valence-electron chi connectivity index (χ4n) is 4.97. The zero-order valence-electron chi connectivity index (χ0n) is 20.9. The molecule has 2 aromatic heterocycles. The maximum Gasteiger partial charge on any atom is 0.253 e. The van der Waals surface area contributed by atoms with E-state index in [4.69, 9.17) is 0 Å². The number of fused-ring (bicyclic) bond motifs is 1. The van der Waals surface area contributed by atoms with Crippen LogP contribution in [-0.4, -0.2) is 61.2 Å². The Labute approximate surface area is 205 Å². The zero-order valence-corrected chi connectivity index (χ0v) is 20.9. The van der Waals surface area contributed by atoms with E-state index in [2.05, 4.69) is 75.3 Å². The number of aromatic amines is 1. The van der Waals surface area contributed by atoms with Crippen molar-refractivity contribution < 1.29 is 0 Å². The number of nitrogens with one attached hydrogen (secondary N) is 1. The quantitative estimate of drug-likeness (QED) is 0.480. The number of hydrogen-bond acceptors (Lipinski definition) is 6. The standard InChI is InChI=1S/C27H33N7O/c1-19-9-8-12-21-17-22(26(35)28-23(19)21)24(25-29-30-31-34(25)27(2,3)4)33-15-13-32(14-16-33)18-20-10-6-5-7-11-20/h5-12,17,24H,13-16,18H2,1-4H3,(H,28,35). The molecule has 35 heavy (non-hydrogen) atoms. The smallest absolute Gasteiger partial charge is 0.253 e. The molecule has 1 aliphatic heterocycles. The molecule has 1 saturated heterocycles. The Morgan fingerprint density at radius 2 is 1.74 bits per heavy atom. The number of rotatable bonds is 5. The van der Waals surface area contributed by atoms with Crippen LogP contribution in [0.25, 0.3) is 10.9 Å². The number of aryl methyl sites for hydroxylation is 1. The van der Waals surface area contributed by atoms with E-state index in [0.717, 1.165) is 49.2 Å². The molecule has 0 aliphatic carbocycles. The summed E-state index contributed by atoms with van der Waals surface area (Å²) in [5, 5.41) is 13.8. The van der Waals surface area contributed by atoms with E-state index in [0.29, 0.717) is 11.4 Å². The van der Waals surface area contributed by atoms with Gasteiger partial charge in [-0.3, -0.25) is 14.6 Å². The lowest BCUT2D eigenvalue weighted by Gasteiger charge is -2.39. The van der Waals surface area contributed by atoms with Crippen molar-refractivity contribution in [1.82, 2.24) is 35.0 Å². The SMILES string of the molecule is Cc1cccc2cc(C(c3nnnn3C(C)(C)C)N3CCN(Cc4ccccc4)CC3)c(=O)[nH]c12. The van der Waals surface area contributed by atoms with Gasteiger partial charge in [-0.05, 0) is 60.7 Å². The number of hydrogen-bond donors (Lipinski definition) is 1. The van der Waals surface area contributed by atoms with Crippen molar-refractivity contribution in [3.8, 4) is 0 Å². The summed E-state index contributed by atoms with van der Waals surface area (Å²) in [5.41, 5.74) is 3.52. The number of H-pyrrole nitrogens is 1. The molecule has 8 nitrogen and oxygen atoms in total. The molecule has 0 bridgehead atoms. The van der Waals surface area contributed by atoms with Gasteiger partial charge in [0, 0.05) is 38.3 Å². The number of nitrogens with zero attached hydrogens (tertiary/aromatic N) is 6. The summed E-state index contributed by atoms with van der Waals surface area (Å²) >= 11 is 0. The van der Waals surface area contributed by atoms with Crippen LogP contribution in [0.1, 0.15) is 49.3 Å². The summed E-state index contributed by atoms with van der Waals surface area (Å²) < 4.78 is 1.86. The number of para-hydroxylation sites is 1. The highest BCUT2D eigenvalue weighted by Crippen LogP contribution is 2.30. The first-order chi connectivity index (χ1) is 16.8. The Balaban J connectivity index is 1.51. The monoisotopic (exact) mass is 471 g/mol. The first-order valence-corrected chi connectivity index (χ1v) is 12.2. The highest BCUT2D eigenvalue weighted by Gasteiger charge is 2.34. The van der Waals surface area contributed by atoms with Crippen LogP contribution in [0.4, 0.5) is 0 Å². The van der Waals surface area contributed by atoms with Gasteiger partial charge in [0.2, 0.25) is 0 Å². The van der Waals surface area contributed by atoms with Crippen LogP contribution in [0.5, 0.6) is 0 Å². The first kappa shape index (κ1) is 23.4. The topological polar surface area (TPSA) is 82.9 Å². The Morgan fingerprint density at radius 3 is 2.46 bits per heavy atom. The molecule has 182 valence electrons. The Morgan fingerprint density at radius 1 is 1.00 bits per heavy atom. The molecule has 0 amide bonds. The third-order valence-electron chi connectivity index (χ3n) is 6.81. The minimum Gasteiger partial charge on any atom is -0.321 e. The lowest BCUT2D eigenvalue weighted by atomic mass is 10.00. The average Bonchev–Trinajstić information content (AvgIpc) is 3.32. The minimum absolute atomic E-state index is 0.0908. The van der Waals surface area contributed by atoms with E-state index in [1.807, 2.05) is 41.9 Å². The highest BCUT2D eigenvalue weighted by atomic mass is 16.1. The predicted octanol–water partition coefficient (Wildman–Crippen LogP) is 3.49. The second-order valence-corrected chi connectivity index (χ2v) is 10.4. The molecule has 1 N–H and O–H groups in total. The third-order valence-corrected chi connectivity index (χ3v) is 6.81. The number of piperazine rings is 1. The minimum atomic E-state index is -0.336. The van der Waals surface area contributed by atoms with Gasteiger partial charge in [0.15, 0.2) is 5.82 Å². The first-order valence-electron chi connectivity index (χ1n) is 12.2. The van der Waals surface area contributed by atoms with Crippen LogP contribution >= 0.6 is 0 Å². The largest absolute Gasteiger partial charge is 0.321 e. The molecular weight excluding hydrogens is 438 g/mol. The Hall–Kier alpha value is -3.36. The fraction of sp³-hybridized carbons (Fsp3) is 0.407. The number of pyridine rings is 1. The summed E-state index contributed by atoms with van der Waals surface area (Å²) in [6.45, 7) is 12.6. The molecule has 0 saturated carbocycles. The Bertz CT molecular complexity index is 1360. The van der Waals surface area contributed by atoms with E-state index >= 15 is 0 Å². The molecule has 8 heteroatoms. The predicted molar refractivity (Wildman–Crippen MR) is 137 cm³/mol. The maximum absolute atomic E-state index is 13.5. The van der Waals surface area contributed by atoms with Gasteiger partial charge in [-0.2, -0.15) is 0 Å².